The number of piperazine rings is 1. The Morgan fingerprint density at radius 3 is 2.45 bits per heavy atom. The van der Waals surface area contributed by atoms with E-state index in [1.54, 1.807) is 4.31 Å². The molecule has 2 saturated heterocycles. The molecule has 10 heteroatoms. The van der Waals surface area contributed by atoms with Crippen LogP contribution >= 0.6 is 0 Å². The van der Waals surface area contributed by atoms with Crippen molar-refractivity contribution in [3.8, 4) is 0 Å². The SMILES string of the molecule is CC1CCN(C(=O)CCc2nc(CN3CCN(S(=O)(=O)Cc4ccccc4)CC3)no2)CC1. The summed E-state index contributed by atoms with van der Waals surface area (Å²) in [4.78, 5) is 20.9. The lowest BCUT2D eigenvalue weighted by atomic mass is 9.99. The number of carbonyl (C=O) groups is 1. The molecule has 0 radical (unpaired) electrons. The number of sulfonamides is 1. The second-order valence-corrected chi connectivity index (χ2v) is 11.1. The first-order valence-electron chi connectivity index (χ1n) is 11.7. The van der Waals surface area contributed by atoms with Crippen molar-refractivity contribution in [2.45, 2.75) is 44.9 Å². The van der Waals surface area contributed by atoms with Crippen LogP contribution in [0.25, 0.3) is 0 Å². The van der Waals surface area contributed by atoms with Gasteiger partial charge in [-0.2, -0.15) is 9.29 Å². The van der Waals surface area contributed by atoms with Gasteiger partial charge in [0, 0.05) is 52.1 Å². The van der Waals surface area contributed by atoms with Gasteiger partial charge in [0.05, 0.1) is 12.3 Å². The van der Waals surface area contributed by atoms with E-state index in [-0.39, 0.29) is 11.7 Å². The van der Waals surface area contributed by atoms with Crippen LogP contribution in [0.15, 0.2) is 34.9 Å². The standard InChI is InChI=1S/C23H33N5O4S/c1-19-9-11-27(12-10-19)23(29)8-7-22-24-21(25-32-22)17-26-13-15-28(16-14-26)33(30,31)18-20-5-3-2-4-6-20/h2-6,19H,7-18H2,1H3. The highest BCUT2D eigenvalue weighted by atomic mass is 32.2. The maximum absolute atomic E-state index is 12.7. The van der Waals surface area contributed by atoms with Gasteiger partial charge in [-0.05, 0) is 24.3 Å². The molecule has 0 N–H and O–H groups in total. The van der Waals surface area contributed by atoms with Gasteiger partial charge in [0.2, 0.25) is 21.8 Å². The molecule has 0 spiro atoms. The van der Waals surface area contributed by atoms with Gasteiger partial charge in [-0.15, -0.1) is 0 Å². The highest BCUT2D eigenvalue weighted by molar-refractivity contribution is 7.88. The number of aryl methyl sites for hydroxylation is 1. The van der Waals surface area contributed by atoms with Crippen molar-refractivity contribution < 1.29 is 17.7 Å². The fraction of sp³-hybridized carbons (Fsp3) is 0.609. The third-order valence-electron chi connectivity index (χ3n) is 6.48. The molecule has 2 aliphatic heterocycles. The molecular formula is C23H33N5O4S. The van der Waals surface area contributed by atoms with Crippen molar-refractivity contribution in [2.75, 3.05) is 39.3 Å². The lowest BCUT2D eigenvalue weighted by Crippen LogP contribution is -2.48. The number of piperidine rings is 1. The van der Waals surface area contributed by atoms with Crippen molar-refractivity contribution in [1.82, 2.24) is 24.2 Å². The lowest BCUT2D eigenvalue weighted by Gasteiger charge is -2.33. The minimum absolute atomic E-state index is 0.0250. The molecule has 0 unspecified atom stereocenters. The van der Waals surface area contributed by atoms with Gasteiger partial charge in [0.25, 0.3) is 0 Å². The second-order valence-electron chi connectivity index (χ2n) is 9.08. The molecule has 0 bridgehead atoms. The van der Waals surface area contributed by atoms with Crippen LogP contribution in [0.5, 0.6) is 0 Å². The van der Waals surface area contributed by atoms with Crippen LogP contribution in [0.4, 0.5) is 0 Å². The Morgan fingerprint density at radius 1 is 1.06 bits per heavy atom. The zero-order valence-corrected chi connectivity index (χ0v) is 20.0. The van der Waals surface area contributed by atoms with E-state index in [1.165, 1.54) is 0 Å². The molecule has 1 amide bonds. The second kappa shape index (κ2) is 10.8. The summed E-state index contributed by atoms with van der Waals surface area (Å²) in [6.07, 6.45) is 2.96. The molecule has 33 heavy (non-hydrogen) atoms. The number of hydrogen-bond acceptors (Lipinski definition) is 7. The van der Waals surface area contributed by atoms with Gasteiger partial charge in [0.1, 0.15) is 0 Å². The predicted octanol–water partition coefficient (Wildman–Crippen LogP) is 1.91. The fourth-order valence-electron chi connectivity index (χ4n) is 4.33. The molecular weight excluding hydrogens is 442 g/mol. The molecule has 0 aliphatic carbocycles. The minimum Gasteiger partial charge on any atom is -0.343 e. The van der Waals surface area contributed by atoms with E-state index in [4.69, 9.17) is 4.52 Å². The van der Waals surface area contributed by atoms with Crippen LogP contribution in [-0.4, -0.2) is 77.8 Å². The zero-order chi connectivity index (χ0) is 23.3. The number of nitrogens with zero attached hydrogens (tertiary/aromatic N) is 5. The van der Waals surface area contributed by atoms with Crippen LogP contribution < -0.4 is 0 Å². The maximum atomic E-state index is 12.7. The van der Waals surface area contributed by atoms with Crippen molar-refractivity contribution in [3.05, 3.63) is 47.6 Å². The molecule has 4 rings (SSSR count). The molecule has 1 aromatic heterocycles. The summed E-state index contributed by atoms with van der Waals surface area (Å²) in [6.45, 7) is 6.53. The molecule has 0 atom stereocenters. The predicted molar refractivity (Wildman–Crippen MR) is 124 cm³/mol. The Labute approximate surface area is 195 Å². The number of rotatable bonds is 8. The summed E-state index contributed by atoms with van der Waals surface area (Å²) in [5, 5.41) is 4.05. The number of amides is 1. The van der Waals surface area contributed by atoms with Gasteiger partial charge in [0.15, 0.2) is 5.82 Å². The number of likely N-dealkylation sites (tertiary alicyclic amines) is 1. The summed E-state index contributed by atoms with van der Waals surface area (Å²) in [6, 6.07) is 9.26. The lowest BCUT2D eigenvalue weighted by molar-refractivity contribution is -0.132. The molecule has 1 aromatic carbocycles. The van der Waals surface area contributed by atoms with E-state index in [0.29, 0.717) is 63.2 Å². The number of benzene rings is 1. The molecule has 2 aliphatic rings. The number of aromatic nitrogens is 2. The Morgan fingerprint density at radius 2 is 1.76 bits per heavy atom. The van der Waals surface area contributed by atoms with Gasteiger partial charge in [-0.1, -0.05) is 42.4 Å². The molecule has 9 nitrogen and oxygen atoms in total. The van der Waals surface area contributed by atoms with Crippen molar-refractivity contribution in [1.29, 1.82) is 0 Å². The Bertz CT molecular complexity index is 1010. The largest absolute Gasteiger partial charge is 0.343 e. The minimum atomic E-state index is -3.34. The van der Waals surface area contributed by atoms with Crippen LogP contribution in [-0.2, 0) is 33.5 Å². The normalized spacial score (nSPS) is 19.1. The van der Waals surface area contributed by atoms with Crippen molar-refractivity contribution in [3.63, 3.8) is 0 Å². The third-order valence-corrected chi connectivity index (χ3v) is 8.33. The maximum Gasteiger partial charge on any atom is 0.227 e. The monoisotopic (exact) mass is 475 g/mol. The van der Waals surface area contributed by atoms with Gasteiger partial charge in [-0.3, -0.25) is 9.69 Å². The molecule has 3 heterocycles. The number of hydrogen-bond donors (Lipinski definition) is 0. The van der Waals surface area contributed by atoms with Gasteiger partial charge < -0.3 is 9.42 Å². The third kappa shape index (κ3) is 6.61. The molecule has 0 saturated carbocycles. The van der Waals surface area contributed by atoms with Crippen molar-refractivity contribution >= 4 is 15.9 Å². The van der Waals surface area contributed by atoms with E-state index in [0.717, 1.165) is 31.5 Å². The van der Waals surface area contributed by atoms with Gasteiger partial charge >= 0.3 is 0 Å². The van der Waals surface area contributed by atoms with Crippen LogP contribution in [0, 0.1) is 5.92 Å². The summed E-state index contributed by atoms with van der Waals surface area (Å²) < 4.78 is 32.3. The topological polar surface area (TPSA) is 99.9 Å². The van der Waals surface area contributed by atoms with Crippen LogP contribution in [0.3, 0.4) is 0 Å². The summed E-state index contributed by atoms with van der Waals surface area (Å²) in [5.74, 6) is 1.92. The van der Waals surface area contributed by atoms with Crippen LogP contribution in [0.1, 0.15) is 43.5 Å². The quantitative estimate of drug-likeness (QED) is 0.575. The summed E-state index contributed by atoms with van der Waals surface area (Å²) >= 11 is 0. The first kappa shape index (κ1) is 23.8. The van der Waals surface area contributed by atoms with Crippen molar-refractivity contribution in [2.24, 2.45) is 5.92 Å². The first-order valence-corrected chi connectivity index (χ1v) is 13.3. The number of carbonyl (C=O) groups excluding carboxylic acids is 1. The fourth-order valence-corrected chi connectivity index (χ4v) is 5.84. The highest BCUT2D eigenvalue weighted by Gasteiger charge is 2.28. The Kier molecular flexibility index (Phi) is 7.77. The Hall–Kier alpha value is -2.30. The van der Waals surface area contributed by atoms with E-state index < -0.39 is 10.0 Å². The molecule has 2 fully saturated rings. The zero-order valence-electron chi connectivity index (χ0n) is 19.2. The van der Waals surface area contributed by atoms with E-state index >= 15 is 0 Å². The van der Waals surface area contributed by atoms with E-state index in [1.807, 2.05) is 35.2 Å². The summed E-state index contributed by atoms with van der Waals surface area (Å²) in [7, 11) is -3.34. The Balaban J connectivity index is 1.21. The average molecular weight is 476 g/mol. The molecule has 2 aromatic rings. The summed E-state index contributed by atoms with van der Waals surface area (Å²) in [5.41, 5.74) is 0.799. The van der Waals surface area contributed by atoms with Gasteiger partial charge in [-0.25, -0.2) is 8.42 Å². The van der Waals surface area contributed by atoms with E-state index in [9.17, 15) is 13.2 Å². The highest BCUT2D eigenvalue weighted by Crippen LogP contribution is 2.18. The molecule has 180 valence electrons. The smallest absolute Gasteiger partial charge is 0.227 e. The van der Waals surface area contributed by atoms with Crippen LogP contribution in [0.2, 0.25) is 0 Å². The first-order chi connectivity index (χ1) is 15.9. The average Bonchev–Trinajstić information content (AvgIpc) is 3.26. The van der Waals surface area contributed by atoms with E-state index in [2.05, 4.69) is 22.0 Å².